The maximum absolute atomic E-state index is 13.3. The minimum absolute atomic E-state index is 0.0818. The summed E-state index contributed by atoms with van der Waals surface area (Å²) >= 11 is 0. The monoisotopic (exact) mass is 337 g/mol. The van der Waals surface area contributed by atoms with Crippen LogP contribution in [0.2, 0.25) is 0 Å². The fourth-order valence-electron chi connectivity index (χ4n) is 2.12. The number of amides is 1. The van der Waals surface area contributed by atoms with Gasteiger partial charge in [-0.25, -0.2) is 8.78 Å². The first kappa shape index (κ1) is 17.8. The van der Waals surface area contributed by atoms with Gasteiger partial charge in [-0.05, 0) is 29.8 Å². The van der Waals surface area contributed by atoms with E-state index in [1.165, 1.54) is 12.1 Å². The highest BCUT2D eigenvalue weighted by molar-refractivity contribution is 5.77. The minimum atomic E-state index is -0.615. The van der Waals surface area contributed by atoms with Crippen molar-refractivity contribution in [2.45, 2.75) is 19.8 Å². The van der Waals surface area contributed by atoms with E-state index in [-0.39, 0.29) is 35.8 Å². The van der Waals surface area contributed by atoms with Crippen LogP contribution in [0.25, 0.3) is 0 Å². The number of aliphatic hydroxyl groups excluding tert-OH is 2. The number of nitrogens with one attached hydrogen (secondary N) is 1. The van der Waals surface area contributed by atoms with Crippen molar-refractivity contribution >= 4 is 5.91 Å². The first-order valence-electron chi connectivity index (χ1n) is 7.20. The van der Waals surface area contributed by atoms with Crippen molar-refractivity contribution in [3.63, 3.8) is 0 Å². The number of carbonyl (C=O) groups is 1. The summed E-state index contributed by atoms with van der Waals surface area (Å²) in [6.45, 7) is -1.15. The quantitative estimate of drug-likeness (QED) is 0.718. The van der Waals surface area contributed by atoms with Gasteiger partial charge >= 0.3 is 0 Å². The van der Waals surface area contributed by atoms with Gasteiger partial charge in [0.2, 0.25) is 0 Å². The normalized spacial score (nSPS) is 10.5. The number of halogens is 2. The second kappa shape index (κ2) is 8.37. The second-order valence-electron chi connectivity index (χ2n) is 5.06. The fraction of sp³-hybridized carbons (Fsp3) is 0.235. The molecular weight excluding hydrogens is 320 g/mol. The van der Waals surface area contributed by atoms with Crippen LogP contribution in [0.5, 0.6) is 5.75 Å². The Bertz CT molecular complexity index is 679. The van der Waals surface area contributed by atoms with E-state index >= 15 is 0 Å². The summed E-state index contributed by atoms with van der Waals surface area (Å²) in [7, 11) is 0. The van der Waals surface area contributed by atoms with Gasteiger partial charge in [-0.1, -0.05) is 12.1 Å². The summed E-state index contributed by atoms with van der Waals surface area (Å²) in [5.41, 5.74) is 1.01. The number of hydrogen-bond donors (Lipinski definition) is 3. The van der Waals surface area contributed by atoms with E-state index in [1.807, 2.05) is 0 Å². The molecule has 7 heteroatoms. The lowest BCUT2D eigenvalue weighted by atomic mass is 10.1. The zero-order valence-electron chi connectivity index (χ0n) is 12.8. The van der Waals surface area contributed by atoms with Gasteiger partial charge < -0.3 is 20.3 Å². The maximum atomic E-state index is 13.3. The van der Waals surface area contributed by atoms with Crippen molar-refractivity contribution in [3.05, 3.63) is 64.7 Å². The molecule has 24 heavy (non-hydrogen) atoms. The molecular formula is C17H17F2NO4. The molecule has 0 spiro atoms. The molecule has 0 bridgehead atoms. The Morgan fingerprint density at radius 2 is 1.58 bits per heavy atom. The van der Waals surface area contributed by atoms with E-state index in [4.69, 9.17) is 4.74 Å². The predicted molar refractivity (Wildman–Crippen MR) is 82.0 cm³/mol. The summed E-state index contributed by atoms with van der Waals surface area (Å²) in [5, 5.41) is 21.1. The van der Waals surface area contributed by atoms with Gasteiger partial charge in [-0.2, -0.15) is 0 Å². The molecule has 0 atom stereocenters. The molecule has 0 saturated heterocycles. The van der Waals surface area contributed by atoms with Crippen LogP contribution in [0, 0.1) is 11.6 Å². The van der Waals surface area contributed by atoms with Crippen molar-refractivity contribution in [3.8, 4) is 5.75 Å². The Balaban J connectivity index is 1.95. The molecule has 2 rings (SSSR count). The number of carbonyl (C=O) groups excluding carboxylic acids is 1. The fourth-order valence-corrected chi connectivity index (χ4v) is 2.12. The van der Waals surface area contributed by atoms with Gasteiger partial charge in [-0.15, -0.1) is 0 Å². The van der Waals surface area contributed by atoms with Crippen LogP contribution in [-0.2, 0) is 24.6 Å². The molecule has 0 heterocycles. The highest BCUT2D eigenvalue weighted by Crippen LogP contribution is 2.26. The average Bonchev–Trinajstić information content (AvgIpc) is 2.59. The van der Waals surface area contributed by atoms with E-state index < -0.39 is 24.9 Å². The van der Waals surface area contributed by atoms with E-state index in [0.717, 1.165) is 17.7 Å². The smallest absolute Gasteiger partial charge is 0.258 e. The number of ether oxygens (including phenoxy) is 1. The van der Waals surface area contributed by atoms with Crippen LogP contribution < -0.4 is 10.1 Å². The molecule has 2 aromatic carbocycles. The molecule has 0 unspecified atom stereocenters. The topological polar surface area (TPSA) is 78.8 Å². The number of benzene rings is 2. The van der Waals surface area contributed by atoms with Crippen LogP contribution in [0.15, 0.2) is 36.4 Å². The van der Waals surface area contributed by atoms with Gasteiger partial charge in [-0.3, -0.25) is 4.79 Å². The molecule has 0 radical (unpaired) electrons. The molecule has 1 amide bonds. The first-order chi connectivity index (χ1) is 11.5. The van der Waals surface area contributed by atoms with Crippen molar-refractivity contribution in [1.29, 1.82) is 0 Å². The van der Waals surface area contributed by atoms with Gasteiger partial charge in [0.05, 0.1) is 13.2 Å². The third-order valence-electron chi connectivity index (χ3n) is 3.30. The molecule has 0 aliphatic heterocycles. The average molecular weight is 337 g/mol. The van der Waals surface area contributed by atoms with Gasteiger partial charge in [0.25, 0.3) is 5.91 Å². The van der Waals surface area contributed by atoms with Crippen LogP contribution >= 0.6 is 0 Å². The Morgan fingerprint density at radius 1 is 1.00 bits per heavy atom. The van der Waals surface area contributed by atoms with E-state index in [0.29, 0.717) is 0 Å². The third-order valence-corrected chi connectivity index (χ3v) is 3.30. The summed E-state index contributed by atoms with van der Waals surface area (Å²) in [6.07, 6.45) is 0. The maximum Gasteiger partial charge on any atom is 0.258 e. The molecule has 0 fully saturated rings. The highest BCUT2D eigenvalue weighted by atomic mass is 19.1. The predicted octanol–water partition coefficient (Wildman–Crippen LogP) is 1.64. The zero-order valence-corrected chi connectivity index (χ0v) is 12.8. The van der Waals surface area contributed by atoms with Gasteiger partial charge in [0.1, 0.15) is 17.4 Å². The van der Waals surface area contributed by atoms with Crippen molar-refractivity contribution in [2.75, 3.05) is 6.61 Å². The lowest BCUT2D eigenvalue weighted by molar-refractivity contribution is -0.123. The minimum Gasteiger partial charge on any atom is -0.483 e. The number of hydrogen-bond acceptors (Lipinski definition) is 4. The summed E-state index contributed by atoms with van der Waals surface area (Å²) in [4.78, 5) is 11.8. The lowest BCUT2D eigenvalue weighted by Crippen LogP contribution is -2.28. The van der Waals surface area contributed by atoms with E-state index in [9.17, 15) is 23.8 Å². The molecule has 5 nitrogen and oxygen atoms in total. The second-order valence-corrected chi connectivity index (χ2v) is 5.06. The van der Waals surface area contributed by atoms with Crippen LogP contribution in [0.4, 0.5) is 8.78 Å². The first-order valence-corrected chi connectivity index (χ1v) is 7.20. The van der Waals surface area contributed by atoms with Crippen LogP contribution in [0.1, 0.15) is 16.7 Å². The number of aliphatic hydroxyl groups is 2. The largest absolute Gasteiger partial charge is 0.483 e. The lowest BCUT2D eigenvalue weighted by Gasteiger charge is -2.14. The Morgan fingerprint density at radius 3 is 2.12 bits per heavy atom. The highest BCUT2D eigenvalue weighted by Gasteiger charge is 2.13. The molecule has 0 aromatic heterocycles. The van der Waals surface area contributed by atoms with Crippen molar-refractivity contribution < 1.29 is 28.5 Å². The summed E-state index contributed by atoms with van der Waals surface area (Å²) in [5.74, 6) is -1.34. The molecule has 0 aliphatic carbocycles. The van der Waals surface area contributed by atoms with Crippen molar-refractivity contribution in [1.82, 2.24) is 5.32 Å². The Labute approximate surface area is 137 Å². The van der Waals surface area contributed by atoms with Gasteiger partial charge in [0.15, 0.2) is 6.61 Å². The molecule has 0 saturated carbocycles. The zero-order chi connectivity index (χ0) is 17.5. The van der Waals surface area contributed by atoms with Crippen LogP contribution in [-0.4, -0.2) is 22.7 Å². The van der Waals surface area contributed by atoms with E-state index in [1.54, 1.807) is 12.1 Å². The van der Waals surface area contributed by atoms with Gasteiger partial charge in [0, 0.05) is 17.7 Å². The molecule has 128 valence electrons. The summed E-state index contributed by atoms with van der Waals surface area (Å²) in [6, 6.07) is 7.82. The van der Waals surface area contributed by atoms with Crippen LogP contribution in [0.3, 0.4) is 0 Å². The molecule has 2 aromatic rings. The van der Waals surface area contributed by atoms with E-state index in [2.05, 4.69) is 5.32 Å². The third kappa shape index (κ3) is 4.74. The molecule has 0 aliphatic rings. The SMILES string of the molecule is O=C(COc1c(CO)cc(F)cc1CO)NCc1ccc(F)cc1. The Kier molecular flexibility index (Phi) is 6.22. The van der Waals surface area contributed by atoms with Crippen molar-refractivity contribution in [2.24, 2.45) is 0 Å². The number of rotatable bonds is 7. The molecule has 3 N–H and O–H groups in total. The summed E-state index contributed by atoms with van der Waals surface area (Å²) < 4.78 is 31.4. The standard InChI is InChI=1S/C17H17F2NO4/c18-14-3-1-11(2-4-14)7-20-16(23)10-24-17-12(8-21)5-15(19)6-13(17)9-22/h1-6,21-22H,7-10H2,(H,20,23). The Hall–Kier alpha value is -2.51.